The summed E-state index contributed by atoms with van der Waals surface area (Å²) in [5.74, 6) is 0.890. The van der Waals surface area contributed by atoms with Crippen LogP contribution in [0.25, 0.3) is 0 Å². The minimum absolute atomic E-state index is 0.765. The molecule has 0 radical (unpaired) electrons. The molecule has 0 heterocycles. The summed E-state index contributed by atoms with van der Waals surface area (Å²) in [6.45, 7) is 1.91. The van der Waals surface area contributed by atoms with E-state index in [2.05, 4.69) is 45.0 Å². The molecule has 25 heavy (non-hydrogen) atoms. The van der Waals surface area contributed by atoms with Gasteiger partial charge < -0.3 is 15.4 Å². The quantitative estimate of drug-likeness (QED) is 0.525. The Balaban J connectivity index is 1.88. The molecule has 0 aliphatic rings. The summed E-state index contributed by atoms with van der Waals surface area (Å²) >= 11 is 3.58. The Hall–Kier alpha value is -1.85. The third kappa shape index (κ3) is 5.58. The lowest BCUT2D eigenvalue weighted by molar-refractivity contribution is 0.324. The second-order valence-corrected chi connectivity index (χ2v) is 6.92. The zero-order chi connectivity index (χ0) is 18.2. The molecule has 2 aromatic carbocycles. The highest BCUT2D eigenvalue weighted by Crippen LogP contribution is 2.25. The van der Waals surface area contributed by atoms with Crippen LogP contribution in [0.15, 0.2) is 51.9 Å². The molecular formula is C20H26BrN3O. The zero-order valence-electron chi connectivity index (χ0n) is 15.1. The summed E-state index contributed by atoms with van der Waals surface area (Å²) in [4.78, 5) is 6.77. The van der Waals surface area contributed by atoms with Crippen LogP contribution in [0.1, 0.15) is 24.0 Å². The highest BCUT2D eigenvalue weighted by Gasteiger charge is 2.11. The van der Waals surface area contributed by atoms with E-state index in [1.165, 1.54) is 5.56 Å². The van der Waals surface area contributed by atoms with Crippen molar-refractivity contribution in [2.24, 2.45) is 4.99 Å². The highest BCUT2D eigenvalue weighted by molar-refractivity contribution is 9.10. The number of halogens is 1. The maximum absolute atomic E-state index is 6.12. The number of nitrogens with two attached hydrogens (primary N) is 1. The monoisotopic (exact) mass is 403 g/mol. The number of methoxy groups -OCH3 is 1. The molecule has 0 unspecified atom stereocenters. The number of hydrogen-bond donors (Lipinski definition) is 1. The van der Waals surface area contributed by atoms with Gasteiger partial charge in [0.25, 0.3) is 0 Å². The van der Waals surface area contributed by atoms with E-state index in [0.717, 1.165) is 53.1 Å². The Kier molecular flexibility index (Phi) is 7.47. The van der Waals surface area contributed by atoms with Crippen molar-refractivity contribution in [3.05, 3.63) is 58.1 Å². The first-order valence-corrected chi connectivity index (χ1v) is 9.16. The van der Waals surface area contributed by atoms with Crippen molar-refractivity contribution in [1.29, 1.82) is 0 Å². The van der Waals surface area contributed by atoms with Crippen molar-refractivity contribution in [1.82, 2.24) is 4.90 Å². The fourth-order valence-electron chi connectivity index (χ4n) is 2.83. The van der Waals surface area contributed by atoms with Crippen molar-refractivity contribution in [3.63, 3.8) is 0 Å². The molecule has 0 aliphatic carbocycles. The van der Waals surface area contributed by atoms with Crippen molar-refractivity contribution in [3.8, 4) is 5.75 Å². The third-order valence-electron chi connectivity index (χ3n) is 4.17. The molecule has 0 fully saturated rings. The first kappa shape index (κ1) is 19.5. The molecule has 0 aliphatic heterocycles. The summed E-state index contributed by atoms with van der Waals surface area (Å²) < 4.78 is 6.20. The molecule has 0 aromatic heterocycles. The summed E-state index contributed by atoms with van der Waals surface area (Å²) in [5, 5.41) is 0. The van der Waals surface area contributed by atoms with Crippen LogP contribution in [0.2, 0.25) is 0 Å². The lowest BCUT2D eigenvalue weighted by Crippen LogP contribution is -2.20. The van der Waals surface area contributed by atoms with Gasteiger partial charge in [-0.3, -0.25) is 4.99 Å². The number of nitrogen functional groups attached to an aromatic ring is 1. The van der Waals surface area contributed by atoms with E-state index in [1.54, 1.807) is 7.11 Å². The molecule has 0 spiro atoms. The van der Waals surface area contributed by atoms with Gasteiger partial charge in [-0.1, -0.05) is 34.1 Å². The van der Waals surface area contributed by atoms with Crippen LogP contribution in [-0.2, 0) is 6.54 Å². The van der Waals surface area contributed by atoms with Crippen LogP contribution in [-0.4, -0.2) is 38.4 Å². The standard InChI is InChI=1S/C20H26BrN3O/c1-23-19(20-17(21)6-4-7-18(20)22)8-5-13-24(2)14-15-9-11-16(25-3)12-10-15/h4,6-7,9-12H,5,8,13-14,22H2,1-3H3. The van der Waals surface area contributed by atoms with Crippen molar-refractivity contribution >= 4 is 27.3 Å². The summed E-state index contributed by atoms with van der Waals surface area (Å²) in [7, 11) is 5.65. The minimum atomic E-state index is 0.765. The minimum Gasteiger partial charge on any atom is -0.497 e. The summed E-state index contributed by atoms with van der Waals surface area (Å²) in [6.07, 6.45) is 1.93. The van der Waals surface area contributed by atoms with E-state index < -0.39 is 0 Å². The van der Waals surface area contributed by atoms with Crippen molar-refractivity contribution in [2.45, 2.75) is 19.4 Å². The topological polar surface area (TPSA) is 50.8 Å². The van der Waals surface area contributed by atoms with Gasteiger partial charge in [0.2, 0.25) is 0 Å². The maximum Gasteiger partial charge on any atom is 0.118 e. The van der Waals surface area contributed by atoms with Crippen LogP contribution >= 0.6 is 15.9 Å². The van der Waals surface area contributed by atoms with Gasteiger partial charge in [0.15, 0.2) is 0 Å². The number of benzene rings is 2. The molecule has 2 aromatic rings. The Bertz CT molecular complexity index is 693. The largest absolute Gasteiger partial charge is 0.497 e. The molecule has 0 saturated heterocycles. The summed E-state index contributed by atoms with van der Waals surface area (Å²) in [5.41, 5.74) is 10.2. The van der Waals surface area contributed by atoms with Crippen LogP contribution < -0.4 is 10.5 Å². The Morgan fingerprint density at radius 1 is 1.20 bits per heavy atom. The molecule has 0 amide bonds. The molecular weight excluding hydrogens is 378 g/mol. The highest BCUT2D eigenvalue weighted by atomic mass is 79.9. The smallest absolute Gasteiger partial charge is 0.118 e. The predicted molar refractivity (Wildman–Crippen MR) is 110 cm³/mol. The van der Waals surface area contributed by atoms with Gasteiger partial charge in [0.05, 0.1) is 7.11 Å². The first-order chi connectivity index (χ1) is 12.0. The van der Waals surface area contributed by atoms with E-state index in [-0.39, 0.29) is 0 Å². The van der Waals surface area contributed by atoms with E-state index in [0.29, 0.717) is 0 Å². The first-order valence-electron chi connectivity index (χ1n) is 8.36. The number of aliphatic imine (C=N–C) groups is 1. The second kappa shape index (κ2) is 9.59. The van der Waals surface area contributed by atoms with Gasteiger partial charge in [0, 0.05) is 35.0 Å². The fraction of sp³-hybridized carbons (Fsp3) is 0.350. The van der Waals surface area contributed by atoms with Crippen LogP contribution in [0.4, 0.5) is 5.69 Å². The Labute approximate surface area is 158 Å². The molecule has 2 N–H and O–H groups in total. The molecule has 0 saturated carbocycles. The number of rotatable bonds is 8. The normalized spacial score (nSPS) is 11.8. The van der Waals surface area contributed by atoms with Gasteiger partial charge in [-0.2, -0.15) is 0 Å². The van der Waals surface area contributed by atoms with Gasteiger partial charge in [0.1, 0.15) is 5.75 Å². The SMILES string of the molecule is CN=C(CCCN(C)Cc1ccc(OC)cc1)c1c(N)cccc1Br. The molecule has 5 heteroatoms. The fourth-order valence-corrected chi connectivity index (χ4v) is 3.44. The number of hydrogen-bond acceptors (Lipinski definition) is 4. The van der Waals surface area contributed by atoms with Gasteiger partial charge >= 0.3 is 0 Å². The van der Waals surface area contributed by atoms with E-state index in [9.17, 15) is 0 Å². The third-order valence-corrected chi connectivity index (χ3v) is 4.83. The molecule has 134 valence electrons. The van der Waals surface area contributed by atoms with E-state index in [1.807, 2.05) is 37.4 Å². The lowest BCUT2D eigenvalue weighted by Gasteiger charge is -2.18. The second-order valence-electron chi connectivity index (χ2n) is 6.06. The Morgan fingerprint density at radius 2 is 1.92 bits per heavy atom. The van der Waals surface area contributed by atoms with Crippen LogP contribution in [0.3, 0.4) is 0 Å². The lowest BCUT2D eigenvalue weighted by atomic mass is 10.0. The Morgan fingerprint density at radius 3 is 2.52 bits per heavy atom. The zero-order valence-corrected chi connectivity index (χ0v) is 16.7. The van der Waals surface area contributed by atoms with Crippen LogP contribution in [0, 0.1) is 0 Å². The number of nitrogens with zero attached hydrogens (tertiary/aromatic N) is 2. The number of anilines is 1. The van der Waals surface area contributed by atoms with Gasteiger partial charge in [-0.25, -0.2) is 0 Å². The average molecular weight is 404 g/mol. The van der Waals surface area contributed by atoms with Gasteiger partial charge in [-0.15, -0.1) is 0 Å². The van der Waals surface area contributed by atoms with Crippen molar-refractivity contribution in [2.75, 3.05) is 33.5 Å². The molecule has 2 rings (SSSR count). The molecule has 4 nitrogen and oxygen atoms in total. The van der Waals surface area contributed by atoms with Crippen LogP contribution in [0.5, 0.6) is 5.75 Å². The molecule has 0 atom stereocenters. The molecule has 0 bridgehead atoms. The van der Waals surface area contributed by atoms with E-state index in [4.69, 9.17) is 10.5 Å². The van der Waals surface area contributed by atoms with E-state index >= 15 is 0 Å². The van der Waals surface area contributed by atoms with Crippen molar-refractivity contribution < 1.29 is 4.74 Å². The average Bonchev–Trinajstić information content (AvgIpc) is 2.60. The summed E-state index contributed by atoms with van der Waals surface area (Å²) in [6, 6.07) is 14.1. The number of ether oxygens (including phenoxy) is 1. The van der Waals surface area contributed by atoms with Gasteiger partial charge in [-0.05, 0) is 56.3 Å². The predicted octanol–water partition coefficient (Wildman–Crippen LogP) is 4.37. The maximum atomic E-state index is 6.12.